The molecule has 5 nitrogen and oxygen atoms in total. The van der Waals surface area contributed by atoms with E-state index in [4.69, 9.17) is 0 Å². The third-order valence-corrected chi connectivity index (χ3v) is 6.09. The van der Waals surface area contributed by atoms with E-state index in [1.54, 1.807) is 24.5 Å². The molecule has 2 heterocycles. The molecular weight excluding hydrogens is 306 g/mol. The zero-order valence-corrected chi connectivity index (χ0v) is 13.7. The summed E-state index contributed by atoms with van der Waals surface area (Å²) in [4.78, 5) is 5.01. The predicted molar refractivity (Wildman–Crippen MR) is 84.7 cm³/mol. The third kappa shape index (κ3) is 4.34. The van der Waals surface area contributed by atoms with Crippen LogP contribution in [0.1, 0.15) is 30.3 Å². The van der Waals surface area contributed by atoms with Crippen molar-refractivity contribution in [2.24, 2.45) is 0 Å². The first-order chi connectivity index (χ1) is 10.0. The molecule has 2 rings (SSSR count). The number of nitrogens with one attached hydrogen (secondary N) is 2. The molecule has 114 valence electrons. The number of hydrogen-bond acceptors (Lipinski definition) is 5. The Morgan fingerprint density at radius 1 is 1.33 bits per heavy atom. The van der Waals surface area contributed by atoms with E-state index in [-0.39, 0.29) is 6.04 Å². The van der Waals surface area contributed by atoms with E-state index in [1.807, 2.05) is 26.0 Å². The Kier molecular flexibility index (Phi) is 5.46. The first-order valence-corrected chi connectivity index (χ1v) is 9.04. The molecule has 0 aromatic carbocycles. The van der Waals surface area contributed by atoms with E-state index in [0.29, 0.717) is 10.8 Å². The Hall–Kier alpha value is -1.28. The van der Waals surface area contributed by atoms with Crippen LogP contribution in [0.4, 0.5) is 0 Å². The van der Waals surface area contributed by atoms with Crippen LogP contribution < -0.4 is 10.0 Å². The maximum atomic E-state index is 12.4. The molecule has 2 aromatic heterocycles. The van der Waals surface area contributed by atoms with Crippen molar-refractivity contribution in [2.75, 3.05) is 6.54 Å². The molecule has 0 saturated carbocycles. The van der Waals surface area contributed by atoms with Gasteiger partial charge < -0.3 is 5.32 Å². The summed E-state index contributed by atoms with van der Waals surface area (Å²) < 4.78 is 27.7. The fourth-order valence-electron chi connectivity index (χ4n) is 1.84. The minimum absolute atomic E-state index is 0.317. The Labute approximate surface area is 129 Å². The minimum Gasteiger partial charge on any atom is -0.312 e. The molecule has 0 bridgehead atoms. The van der Waals surface area contributed by atoms with Crippen molar-refractivity contribution in [1.82, 2.24) is 15.0 Å². The summed E-state index contributed by atoms with van der Waals surface area (Å²) in [6.07, 6.45) is 3.33. The molecule has 21 heavy (non-hydrogen) atoms. The molecule has 0 aliphatic heterocycles. The van der Waals surface area contributed by atoms with Gasteiger partial charge in [0.2, 0.25) is 0 Å². The molecule has 0 fully saturated rings. The normalized spacial score (nSPS) is 13.2. The SMILES string of the molecule is CCNCc1ccc(S(=O)(=O)NC(C)c2cccnc2)s1. The lowest BCUT2D eigenvalue weighted by atomic mass is 10.2. The van der Waals surface area contributed by atoms with E-state index in [0.717, 1.165) is 17.0 Å². The highest BCUT2D eigenvalue weighted by molar-refractivity contribution is 7.91. The summed E-state index contributed by atoms with van der Waals surface area (Å²) in [5.74, 6) is 0. The standard InChI is InChI=1S/C14H19N3O2S2/c1-3-15-10-13-6-7-14(20-13)21(18,19)17-11(2)12-5-4-8-16-9-12/h4-9,11,15,17H,3,10H2,1-2H3. The van der Waals surface area contributed by atoms with Gasteiger partial charge in [-0.15, -0.1) is 11.3 Å². The highest BCUT2D eigenvalue weighted by atomic mass is 32.2. The Morgan fingerprint density at radius 3 is 2.81 bits per heavy atom. The fourth-order valence-corrected chi connectivity index (χ4v) is 4.41. The summed E-state index contributed by atoms with van der Waals surface area (Å²) in [7, 11) is -3.50. The Morgan fingerprint density at radius 2 is 2.14 bits per heavy atom. The van der Waals surface area contributed by atoms with E-state index in [2.05, 4.69) is 15.0 Å². The van der Waals surface area contributed by atoms with Gasteiger partial charge >= 0.3 is 0 Å². The van der Waals surface area contributed by atoms with Gasteiger partial charge in [-0.25, -0.2) is 13.1 Å². The summed E-state index contributed by atoms with van der Waals surface area (Å²) in [6, 6.07) is 6.82. The molecule has 7 heteroatoms. The van der Waals surface area contributed by atoms with Gasteiger partial charge in [0.15, 0.2) is 0 Å². The van der Waals surface area contributed by atoms with Crippen molar-refractivity contribution in [3.8, 4) is 0 Å². The number of rotatable bonds is 7. The van der Waals surface area contributed by atoms with Crippen molar-refractivity contribution in [3.05, 3.63) is 47.1 Å². The summed E-state index contributed by atoms with van der Waals surface area (Å²) in [5.41, 5.74) is 0.838. The van der Waals surface area contributed by atoms with Crippen LogP contribution in [-0.4, -0.2) is 19.9 Å². The number of hydrogen-bond donors (Lipinski definition) is 2. The topological polar surface area (TPSA) is 71.1 Å². The molecule has 2 N–H and O–H groups in total. The van der Waals surface area contributed by atoms with Crippen LogP contribution in [0.2, 0.25) is 0 Å². The van der Waals surface area contributed by atoms with Crippen LogP contribution in [-0.2, 0) is 16.6 Å². The van der Waals surface area contributed by atoms with Crippen molar-refractivity contribution < 1.29 is 8.42 Å². The van der Waals surface area contributed by atoms with Gasteiger partial charge in [-0.1, -0.05) is 13.0 Å². The van der Waals surface area contributed by atoms with Crippen LogP contribution >= 0.6 is 11.3 Å². The second-order valence-electron chi connectivity index (χ2n) is 4.63. The van der Waals surface area contributed by atoms with Crippen LogP contribution in [0, 0.1) is 0 Å². The lowest BCUT2D eigenvalue weighted by Gasteiger charge is -2.13. The van der Waals surface area contributed by atoms with E-state index in [1.165, 1.54) is 11.3 Å². The summed E-state index contributed by atoms with van der Waals surface area (Å²) >= 11 is 1.29. The van der Waals surface area contributed by atoms with Gasteiger partial charge in [0.25, 0.3) is 10.0 Å². The molecular formula is C14H19N3O2S2. The molecule has 0 radical (unpaired) electrons. The van der Waals surface area contributed by atoms with Gasteiger partial charge in [-0.05, 0) is 37.2 Å². The number of pyridine rings is 1. The molecule has 1 atom stereocenters. The quantitative estimate of drug-likeness (QED) is 0.819. The van der Waals surface area contributed by atoms with Crippen LogP contribution in [0.15, 0.2) is 40.9 Å². The van der Waals surface area contributed by atoms with Gasteiger partial charge in [-0.2, -0.15) is 0 Å². The second kappa shape index (κ2) is 7.13. The maximum absolute atomic E-state index is 12.4. The average Bonchev–Trinajstić information content (AvgIpc) is 2.95. The zero-order chi connectivity index (χ0) is 15.3. The largest absolute Gasteiger partial charge is 0.312 e. The third-order valence-electron chi connectivity index (χ3n) is 2.97. The lowest BCUT2D eigenvalue weighted by molar-refractivity contribution is 0.568. The Balaban J connectivity index is 2.09. The summed E-state index contributed by atoms with van der Waals surface area (Å²) in [6.45, 7) is 5.37. The van der Waals surface area contributed by atoms with Crippen LogP contribution in [0.3, 0.4) is 0 Å². The average molecular weight is 325 g/mol. The van der Waals surface area contributed by atoms with Gasteiger partial charge in [0, 0.05) is 29.9 Å². The predicted octanol–water partition coefficient (Wildman–Crippen LogP) is 2.29. The number of sulfonamides is 1. The van der Waals surface area contributed by atoms with Gasteiger partial charge in [-0.3, -0.25) is 4.98 Å². The molecule has 1 unspecified atom stereocenters. The monoisotopic (exact) mass is 325 g/mol. The first-order valence-electron chi connectivity index (χ1n) is 6.74. The van der Waals surface area contributed by atoms with E-state index < -0.39 is 10.0 Å². The van der Waals surface area contributed by atoms with Crippen molar-refractivity contribution in [1.29, 1.82) is 0 Å². The number of nitrogens with zero attached hydrogens (tertiary/aromatic N) is 1. The molecule has 0 aliphatic carbocycles. The van der Waals surface area contributed by atoms with E-state index in [9.17, 15) is 8.42 Å². The Bertz CT molecular complexity index is 669. The number of aromatic nitrogens is 1. The highest BCUT2D eigenvalue weighted by Gasteiger charge is 2.20. The highest BCUT2D eigenvalue weighted by Crippen LogP contribution is 2.23. The molecule has 0 saturated heterocycles. The molecule has 2 aromatic rings. The molecule has 0 aliphatic rings. The van der Waals surface area contributed by atoms with Gasteiger partial charge in [0.05, 0.1) is 0 Å². The van der Waals surface area contributed by atoms with Crippen molar-refractivity contribution >= 4 is 21.4 Å². The summed E-state index contributed by atoms with van der Waals surface area (Å²) in [5, 5.41) is 3.18. The zero-order valence-electron chi connectivity index (χ0n) is 12.0. The lowest BCUT2D eigenvalue weighted by Crippen LogP contribution is -2.26. The maximum Gasteiger partial charge on any atom is 0.250 e. The van der Waals surface area contributed by atoms with E-state index >= 15 is 0 Å². The molecule has 0 spiro atoms. The minimum atomic E-state index is -3.50. The smallest absolute Gasteiger partial charge is 0.250 e. The second-order valence-corrected chi connectivity index (χ2v) is 7.74. The van der Waals surface area contributed by atoms with Crippen LogP contribution in [0.25, 0.3) is 0 Å². The van der Waals surface area contributed by atoms with Crippen molar-refractivity contribution in [2.45, 2.75) is 30.6 Å². The van der Waals surface area contributed by atoms with Crippen LogP contribution in [0.5, 0.6) is 0 Å². The number of thiophene rings is 1. The fraction of sp³-hybridized carbons (Fsp3) is 0.357. The van der Waals surface area contributed by atoms with Crippen molar-refractivity contribution in [3.63, 3.8) is 0 Å². The first kappa shape index (κ1) is 16.1. The van der Waals surface area contributed by atoms with Gasteiger partial charge in [0.1, 0.15) is 4.21 Å². The molecule has 0 amide bonds.